The van der Waals surface area contributed by atoms with Gasteiger partial charge in [-0.3, -0.25) is 10.1 Å². The van der Waals surface area contributed by atoms with Gasteiger partial charge in [-0.25, -0.2) is 0 Å². The molecule has 0 aliphatic carbocycles. The van der Waals surface area contributed by atoms with Crippen molar-refractivity contribution in [3.8, 4) is 0 Å². The van der Waals surface area contributed by atoms with Gasteiger partial charge in [-0.1, -0.05) is 41.9 Å². The summed E-state index contributed by atoms with van der Waals surface area (Å²) < 4.78 is 39.1. The van der Waals surface area contributed by atoms with Crippen LogP contribution in [-0.2, 0) is 6.18 Å². The van der Waals surface area contributed by atoms with Gasteiger partial charge in [0.2, 0.25) is 0 Å². The maximum Gasteiger partial charge on any atom is 0.418 e. The predicted octanol–water partition coefficient (Wildman–Crippen LogP) is 5.22. The summed E-state index contributed by atoms with van der Waals surface area (Å²) in [4.78, 5) is 12.2. The van der Waals surface area contributed by atoms with Crippen molar-refractivity contribution in [2.24, 2.45) is 5.92 Å². The first-order valence-corrected chi connectivity index (χ1v) is 9.09. The highest BCUT2D eigenvalue weighted by molar-refractivity contribution is 6.31. The van der Waals surface area contributed by atoms with Gasteiger partial charge in [0.1, 0.15) is 5.69 Å². The summed E-state index contributed by atoms with van der Waals surface area (Å²) in [5, 5.41) is 21.3. The van der Waals surface area contributed by atoms with Gasteiger partial charge >= 0.3 is 6.18 Å². The van der Waals surface area contributed by atoms with Crippen LogP contribution < -0.4 is 4.90 Å². The highest BCUT2D eigenvalue weighted by Gasteiger charge is 2.37. The predicted molar refractivity (Wildman–Crippen MR) is 99.4 cm³/mol. The molecule has 1 N–H and O–H groups in total. The Morgan fingerprint density at radius 2 is 1.79 bits per heavy atom. The molecule has 1 unspecified atom stereocenters. The third-order valence-corrected chi connectivity index (χ3v) is 5.35. The van der Waals surface area contributed by atoms with Gasteiger partial charge < -0.3 is 10.0 Å². The summed E-state index contributed by atoms with van der Waals surface area (Å²) in [6.07, 6.45) is -4.33. The van der Waals surface area contributed by atoms with Crippen molar-refractivity contribution in [3.63, 3.8) is 0 Å². The monoisotopic (exact) mass is 414 g/mol. The van der Waals surface area contributed by atoms with Crippen LogP contribution in [0.4, 0.5) is 24.5 Å². The molecule has 5 nitrogen and oxygen atoms in total. The van der Waals surface area contributed by atoms with Gasteiger partial charge in [-0.2, -0.15) is 13.2 Å². The van der Waals surface area contributed by atoms with E-state index in [0.29, 0.717) is 32.0 Å². The van der Waals surface area contributed by atoms with E-state index < -0.39 is 33.5 Å². The lowest BCUT2D eigenvalue weighted by atomic mass is 9.87. The van der Waals surface area contributed by atoms with E-state index in [1.807, 2.05) is 30.3 Å². The number of nitro groups is 1. The number of hydrogen-bond acceptors (Lipinski definition) is 4. The zero-order valence-electron chi connectivity index (χ0n) is 14.7. The van der Waals surface area contributed by atoms with Gasteiger partial charge in [0.25, 0.3) is 5.69 Å². The lowest BCUT2D eigenvalue weighted by Gasteiger charge is -2.35. The quantitative estimate of drug-likeness (QED) is 0.550. The number of nitrogens with zero attached hydrogens (tertiary/aromatic N) is 2. The van der Waals surface area contributed by atoms with E-state index in [1.165, 1.54) is 0 Å². The Morgan fingerprint density at radius 3 is 2.32 bits per heavy atom. The summed E-state index contributed by atoms with van der Waals surface area (Å²) in [6.45, 7) is 0.744. The second kappa shape index (κ2) is 7.97. The van der Waals surface area contributed by atoms with E-state index in [1.54, 1.807) is 4.90 Å². The molecule has 3 rings (SSSR count). The number of aliphatic hydroxyl groups excluding tert-OH is 1. The molecule has 2 aromatic rings. The summed E-state index contributed by atoms with van der Waals surface area (Å²) in [5.41, 5.74) is -0.988. The third kappa shape index (κ3) is 4.23. The first-order chi connectivity index (χ1) is 13.2. The van der Waals surface area contributed by atoms with Crippen LogP contribution in [-0.4, -0.2) is 23.1 Å². The minimum absolute atomic E-state index is 0.0392. The number of anilines is 1. The topological polar surface area (TPSA) is 66.6 Å². The third-order valence-electron chi connectivity index (χ3n) is 5.03. The maximum atomic E-state index is 13.0. The molecule has 0 radical (unpaired) electrons. The van der Waals surface area contributed by atoms with Crippen molar-refractivity contribution in [1.29, 1.82) is 0 Å². The normalized spacial score (nSPS) is 16.8. The van der Waals surface area contributed by atoms with Gasteiger partial charge in [0, 0.05) is 19.2 Å². The molecular formula is C19H18ClF3N2O3. The summed E-state index contributed by atoms with van der Waals surface area (Å²) in [6, 6.07) is 10.7. The molecule has 1 heterocycles. The summed E-state index contributed by atoms with van der Waals surface area (Å²) >= 11 is 5.76. The smallest absolute Gasteiger partial charge is 0.388 e. The van der Waals surface area contributed by atoms with Crippen LogP contribution in [0.5, 0.6) is 0 Å². The van der Waals surface area contributed by atoms with Crippen molar-refractivity contribution in [3.05, 3.63) is 68.7 Å². The van der Waals surface area contributed by atoms with Gasteiger partial charge in [0.05, 0.1) is 21.6 Å². The zero-order chi connectivity index (χ0) is 20.5. The molecule has 1 aliphatic heterocycles. The van der Waals surface area contributed by atoms with Crippen molar-refractivity contribution >= 4 is 23.0 Å². The number of benzene rings is 2. The lowest BCUT2D eigenvalue weighted by Crippen LogP contribution is -2.36. The minimum atomic E-state index is -4.77. The molecular weight excluding hydrogens is 397 g/mol. The Kier molecular flexibility index (Phi) is 5.81. The molecule has 0 aromatic heterocycles. The van der Waals surface area contributed by atoms with Crippen LogP contribution in [0.1, 0.15) is 30.1 Å². The van der Waals surface area contributed by atoms with Crippen LogP contribution in [0, 0.1) is 16.0 Å². The maximum absolute atomic E-state index is 13.0. The van der Waals surface area contributed by atoms with Crippen molar-refractivity contribution in [1.82, 2.24) is 0 Å². The molecule has 0 amide bonds. The first-order valence-electron chi connectivity index (χ1n) is 8.71. The fraction of sp³-hybridized carbons (Fsp3) is 0.368. The molecule has 1 fully saturated rings. The van der Waals surface area contributed by atoms with E-state index in [0.717, 1.165) is 11.6 Å². The number of aliphatic hydroxyl groups is 1. The van der Waals surface area contributed by atoms with Crippen LogP contribution >= 0.6 is 11.6 Å². The molecule has 1 atom stereocenters. The fourth-order valence-electron chi connectivity index (χ4n) is 3.55. The Hall–Kier alpha value is -2.32. The number of rotatable bonds is 4. The highest BCUT2D eigenvalue weighted by Crippen LogP contribution is 2.42. The highest BCUT2D eigenvalue weighted by atomic mass is 35.5. The van der Waals surface area contributed by atoms with Gasteiger partial charge in [0.15, 0.2) is 0 Å². The molecule has 0 spiro atoms. The summed E-state index contributed by atoms with van der Waals surface area (Å²) in [5.74, 6) is -0.0392. The molecule has 1 saturated heterocycles. The van der Waals surface area contributed by atoms with Crippen LogP contribution in [0.25, 0.3) is 0 Å². The van der Waals surface area contributed by atoms with E-state index in [-0.39, 0.29) is 11.6 Å². The molecule has 9 heteroatoms. The average Bonchev–Trinajstić information content (AvgIpc) is 2.67. The Balaban J connectivity index is 1.80. The average molecular weight is 415 g/mol. The molecule has 28 heavy (non-hydrogen) atoms. The van der Waals surface area contributed by atoms with Gasteiger partial charge in [-0.05, 0) is 30.4 Å². The number of halogens is 4. The summed E-state index contributed by atoms with van der Waals surface area (Å²) in [7, 11) is 0. The van der Waals surface area contributed by atoms with Crippen LogP contribution in [0.2, 0.25) is 5.02 Å². The molecule has 0 bridgehead atoms. The Labute approximate surface area is 164 Å². The second-order valence-corrected chi connectivity index (χ2v) is 7.16. The largest absolute Gasteiger partial charge is 0.418 e. The van der Waals surface area contributed by atoms with Crippen molar-refractivity contribution in [2.45, 2.75) is 25.1 Å². The SMILES string of the molecule is O=[N+]([O-])c1cc(C(F)(F)F)c(Cl)cc1N1CCC(C(O)c2ccccc2)CC1. The van der Waals surface area contributed by atoms with Crippen molar-refractivity contribution < 1.29 is 23.2 Å². The Morgan fingerprint density at radius 1 is 1.18 bits per heavy atom. The number of piperidine rings is 1. The number of hydrogen-bond donors (Lipinski definition) is 1. The fourth-order valence-corrected chi connectivity index (χ4v) is 3.81. The second-order valence-electron chi connectivity index (χ2n) is 6.76. The lowest BCUT2D eigenvalue weighted by molar-refractivity contribution is -0.384. The molecule has 150 valence electrons. The number of nitro benzene ring substituents is 1. The van der Waals surface area contributed by atoms with Crippen molar-refractivity contribution in [2.75, 3.05) is 18.0 Å². The van der Waals surface area contributed by atoms with Gasteiger partial charge in [-0.15, -0.1) is 0 Å². The Bertz CT molecular complexity index is 853. The zero-order valence-corrected chi connectivity index (χ0v) is 15.5. The first kappa shape index (κ1) is 20.4. The van der Waals surface area contributed by atoms with E-state index >= 15 is 0 Å². The van der Waals surface area contributed by atoms with Crippen LogP contribution in [0.3, 0.4) is 0 Å². The minimum Gasteiger partial charge on any atom is -0.388 e. The standard InChI is InChI=1S/C19H18ClF3N2O3/c20-15-11-16(17(25(27)28)10-14(15)19(21,22)23)24-8-6-13(7-9-24)18(26)12-4-2-1-3-5-12/h1-5,10-11,13,18,26H,6-9H2. The molecule has 2 aromatic carbocycles. The molecule has 0 saturated carbocycles. The number of alkyl halides is 3. The van der Waals surface area contributed by atoms with E-state index in [4.69, 9.17) is 11.6 Å². The molecule has 1 aliphatic rings. The van der Waals surface area contributed by atoms with Crippen LogP contribution in [0.15, 0.2) is 42.5 Å². The van der Waals surface area contributed by atoms with E-state index in [9.17, 15) is 28.4 Å². The van der Waals surface area contributed by atoms with E-state index in [2.05, 4.69) is 0 Å².